The second-order valence-corrected chi connectivity index (χ2v) is 4.54. The first-order valence-corrected chi connectivity index (χ1v) is 6.16. The molecule has 2 N–H and O–H groups in total. The Morgan fingerprint density at radius 2 is 2.11 bits per heavy atom. The molecular formula is C13H16N4O. The quantitative estimate of drug-likeness (QED) is 0.875. The lowest BCUT2D eigenvalue weighted by Crippen LogP contribution is -2.30. The standard InChI is InChI=1S/C13H16N4O/c14-7-13-15-12(16-18-13)9-17-6-5-10-3-1-2-4-11(10)8-17/h1-4H,5-9,14H2. The minimum absolute atomic E-state index is 0.301. The van der Waals surface area contributed by atoms with E-state index in [-0.39, 0.29) is 0 Å². The Hall–Kier alpha value is -1.72. The van der Waals surface area contributed by atoms with Crippen LogP contribution in [0.2, 0.25) is 0 Å². The molecule has 0 amide bonds. The van der Waals surface area contributed by atoms with Gasteiger partial charge in [0.25, 0.3) is 0 Å². The smallest absolute Gasteiger partial charge is 0.240 e. The Morgan fingerprint density at radius 1 is 1.28 bits per heavy atom. The molecule has 0 saturated carbocycles. The highest BCUT2D eigenvalue weighted by Crippen LogP contribution is 2.19. The van der Waals surface area contributed by atoms with E-state index in [2.05, 4.69) is 39.3 Å². The summed E-state index contributed by atoms with van der Waals surface area (Å²) in [7, 11) is 0. The summed E-state index contributed by atoms with van der Waals surface area (Å²) in [4.78, 5) is 6.56. The summed E-state index contributed by atoms with van der Waals surface area (Å²) >= 11 is 0. The molecule has 0 unspecified atom stereocenters. The summed E-state index contributed by atoms with van der Waals surface area (Å²) in [6.45, 7) is 3.00. The van der Waals surface area contributed by atoms with Gasteiger partial charge in [-0.05, 0) is 17.5 Å². The van der Waals surface area contributed by atoms with Crippen molar-refractivity contribution in [3.63, 3.8) is 0 Å². The zero-order chi connectivity index (χ0) is 12.4. The van der Waals surface area contributed by atoms with Crippen LogP contribution in [0.1, 0.15) is 22.8 Å². The van der Waals surface area contributed by atoms with Gasteiger partial charge in [-0.3, -0.25) is 4.90 Å². The summed E-state index contributed by atoms with van der Waals surface area (Å²) in [5.74, 6) is 1.22. The molecule has 0 aliphatic carbocycles. The van der Waals surface area contributed by atoms with Gasteiger partial charge in [-0.2, -0.15) is 4.98 Å². The van der Waals surface area contributed by atoms with Crippen molar-refractivity contribution in [1.82, 2.24) is 15.0 Å². The number of fused-ring (bicyclic) bond motifs is 1. The van der Waals surface area contributed by atoms with E-state index in [9.17, 15) is 0 Å². The fourth-order valence-electron chi connectivity index (χ4n) is 2.33. The van der Waals surface area contributed by atoms with E-state index in [1.165, 1.54) is 11.1 Å². The molecule has 2 heterocycles. The number of nitrogens with two attached hydrogens (primary N) is 1. The van der Waals surface area contributed by atoms with Crippen LogP contribution in [-0.2, 0) is 26.1 Å². The van der Waals surface area contributed by atoms with Gasteiger partial charge in [-0.1, -0.05) is 29.4 Å². The largest absolute Gasteiger partial charge is 0.338 e. The third-order valence-corrected chi connectivity index (χ3v) is 3.26. The molecule has 18 heavy (non-hydrogen) atoms. The van der Waals surface area contributed by atoms with E-state index in [4.69, 9.17) is 10.3 Å². The lowest BCUT2D eigenvalue weighted by Gasteiger charge is -2.27. The molecule has 94 valence electrons. The minimum Gasteiger partial charge on any atom is -0.338 e. The maximum atomic E-state index is 5.45. The van der Waals surface area contributed by atoms with Crippen LogP contribution in [0.15, 0.2) is 28.8 Å². The third-order valence-electron chi connectivity index (χ3n) is 3.26. The highest BCUT2D eigenvalue weighted by atomic mass is 16.5. The normalized spacial score (nSPS) is 15.6. The number of benzene rings is 1. The second kappa shape index (κ2) is 4.88. The van der Waals surface area contributed by atoms with Gasteiger partial charge < -0.3 is 10.3 Å². The first kappa shape index (κ1) is 11.4. The fourth-order valence-corrected chi connectivity index (χ4v) is 2.33. The van der Waals surface area contributed by atoms with Gasteiger partial charge >= 0.3 is 0 Å². The molecule has 1 aliphatic heterocycles. The molecule has 0 radical (unpaired) electrons. The van der Waals surface area contributed by atoms with Gasteiger partial charge in [-0.25, -0.2) is 0 Å². The van der Waals surface area contributed by atoms with Gasteiger partial charge in [0.05, 0.1) is 13.1 Å². The summed E-state index contributed by atoms with van der Waals surface area (Å²) in [6.07, 6.45) is 1.08. The predicted molar refractivity (Wildman–Crippen MR) is 66.4 cm³/mol. The van der Waals surface area contributed by atoms with Gasteiger partial charge in [0, 0.05) is 13.1 Å². The molecule has 0 spiro atoms. The average molecular weight is 244 g/mol. The number of hydrogen-bond acceptors (Lipinski definition) is 5. The molecule has 1 aromatic heterocycles. The van der Waals surface area contributed by atoms with Crippen molar-refractivity contribution in [3.05, 3.63) is 47.1 Å². The summed E-state index contributed by atoms with van der Waals surface area (Å²) in [5.41, 5.74) is 8.29. The molecule has 0 atom stereocenters. The van der Waals surface area contributed by atoms with Gasteiger partial charge in [0.1, 0.15) is 0 Å². The van der Waals surface area contributed by atoms with E-state index < -0.39 is 0 Å². The van der Waals surface area contributed by atoms with Crippen LogP contribution in [0, 0.1) is 0 Å². The van der Waals surface area contributed by atoms with E-state index in [0.29, 0.717) is 12.4 Å². The molecule has 1 aromatic carbocycles. The molecule has 0 saturated heterocycles. The van der Waals surface area contributed by atoms with E-state index in [0.717, 1.165) is 31.9 Å². The first-order chi connectivity index (χ1) is 8.85. The molecule has 0 fully saturated rings. The summed E-state index contributed by atoms with van der Waals surface area (Å²) < 4.78 is 5.01. The summed E-state index contributed by atoms with van der Waals surface area (Å²) in [6, 6.07) is 8.57. The van der Waals surface area contributed by atoms with Crippen LogP contribution < -0.4 is 5.73 Å². The fraction of sp³-hybridized carbons (Fsp3) is 0.385. The zero-order valence-electron chi connectivity index (χ0n) is 10.2. The van der Waals surface area contributed by atoms with Crippen molar-refractivity contribution < 1.29 is 4.52 Å². The van der Waals surface area contributed by atoms with Crippen molar-refractivity contribution in [1.29, 1.82) is 0 Å². The monoisotopic (exact) mass is 244 g/mol. The van der Waals surface area contributed by atoms with Crippen LogP contribution in [0.3, 0.4) is 0 Å². The van der Waals surface area contributed by atoms with Crippen LogP contribution >= 0.6 is 0 Å². The van der Waals surface area contributed by atoms with Gasteiger partial charge in [0.2, 0.25) is 5.89 Å². The lowest BCUT2D eigenvalue weighted by molar-refractivity contribution is 0.235. The predicted octanol–water partition coefficient (Wildman–Crippen LogP) is 1.09. The molecular weight excluding hydrogens is 228 g/mol. The van der Waals surface area contributed by atoms with Crippen LogP contribution in [-0.4, -0.2) is 21.6 Å². The van der Waals surface area contributed by atoms with Crippen LogP contribution in [0.5, 0.6) is 0 Å². The highest BCUT2D eigenvalue weighted by molar-refractivity contribution is 5.29. The van der Waals surface area contributed by atoms with Crippen molar-refractivity contribution in [2.45, 2.75) is 26.1 Å². The molecule has 3 rings (SSSR count). The van der Waals surface area contributed by atoms with E-state index in [1.807, 2.05) is 0 Å². The topological polar surface area (TPSA) is 68.2 Å². The Morgan fingerprint density at radius 3 is 2.89 bits per heavy atom. The van der Waals surface area contributed by atoms with Crippen molar-refractivity contribution >= 4 is 0 Å². The van der Waals surface area contributed by atoms with Crippen molar-refractivity contribution in [2.24, 2.45) is 5.73 Å². The Labute approximate surface area is 106 Å². The average Bonchev–Trinajstić information content (AvgIpc) is 2.86. The molecule has 5 nitrogen and oxygen atoms in total. The SMILES string of the molecule is NCc1nc(CN2CCc3ccccc3C2)no1. The number of rotatable bonds is 3. The maximum Gasteiger partial charge on any atom is 0.240 e. The van der Waals surface area contributed by atoms with Crippen molar-refractivity contribution in [3.8, 4) is 0 Å². The Balaban J connectivity index is 1.69. The third kappa shape index (κ3) is 2.27. The van der Waals surface area contributed by atoms with Crippen LogP contribution in [0.25, 0.3) is 0 Å². The Kier molecular flexibility index (Phi) is 3.08. The summed E-state index contributed by atoms with van der Waals surface area (Å²) in [5, 5.41) is 3.93. The lowest BCUT2D eigenvalue weighted by atomic mass is 10.00. The van der Waals surface area contributed by atoms with Gasteiger partial charge in [-0.15, -0.1) is 0 Å². The van der Waals surface area contributed by atoms with Crippen molar-refractivity contribution in [2.75, 3.05) is 6.54 Å². The molecule has 2 aromatic rings. The first-order valence-electron chi connectivity index (χ1n) is 6.16. The van der Waals surface area contributed by atoms with Crippen LogP contribution in [0.4, 0.5) is 0 Å². The van der Waals surface area contributed by atoms with E-state index in [1.54, 1.807) is 0 Å². The molecule has 0 bridgehead atoms. The van der Waals surface area contributed by atoms with Gasteiger partial charge in [0.15, 0.2) is 5.82 Å². The van der Waals surface area contributed by atoms with E-state index >= 15 is 0 Å². The maximum absolute atomic E-state index is 5.45. The number of aromatic nitrogens is 2. The number of nitrogens with zero attached hydrogens (tertiary/aromatic N) is 3. The Bertz CT molecular complexity index is 537. The molecule has 5 heteroatoms. The number of hydrogen-bond donors (Lipinski definition) is 1. The highest BCUT2D eigenvalue weighted by Gasteiger charge is 2.17. The second-order valence-electron chi connectivity index (χ2n) is 4.54. The zero-order valence-corrected chi connectivity index (χ0v) is 10.2. The molecule has 1 aliphatic rings. The minimum atomic E-state index is 0.301.